The van der Waals surface area contributed by atoms with E-state index in [1.165, 1.54) is 6.07 Å². The van der Waals surface area contributed by atoms with Crippen molar-refractivity contribution in [2.24, 2.45) is 0 Å². The molecule has 0 unspecified atom stereocenters. The first-order valence-corrected chi connectivity index (χ1v) is 10.3. The standard InChI is InChI=1S/C22H21F3N6O/c1-14(15-3-2-4-16(11-15)22(23,24)25)28-20-17-12-19(30-7-9-32-10-8-30)27-13-18(17)31-6-5-26-21(31)29-20/h2-6,11-14H,7-10H2,1H3,(H,26,28,29)/t14-/m1/s1. The molecule has 0 saturated carbocycles. The van der Waals surface area contributed by atoms with Gasteiger partial charge in [-0.25, -0.2) is 9.97 Å². The van der Waals surface area contributed by atoms with E-state index in [0.717, 1.165) is 41.9 Å². The van der Waals surface area contributed by atoms with Gasteiger partial charge >= 0.3 is 6.18 Å². The predicted octanol–water partition coefficient (Wildman–Crippen LogP) is 4.31. The Morgan fingerprint density at radius 1 is 1.12 bits per heavy atom. The van der Waals surface area contributed by atoms with Crippen molar-refractivity contribution in [3.8, 4) is 0 Å². The molecule has 1 fully saturated rings. The molecule has 0 spiro atoms. The molecule has 32 heavy (non-hydrogen) atoms. The average molecular weight is 442 g/mol. The summed E-state index contributed by atoms with van der Waals surface area (Å²) >= 11 is 0. The van der Waals surface area contributed by atoms with Crippen LogP contribution in [0.15, 0.2) is 48.9 Å². The van der Waals surface area contributed by atoms with Crippen molar-refractivity contribution in [1.82, 2.24) is 19.4 Å². The normalized spacial score (nSPS) is 15.9. The number of nitrogens with zero attached hydrogens (tertiary/aromatic N) is 5. The van der Waals surface area contributed by atoms with Crippen LogP contribution in [0, 0.1) is 0 Å². The lowest BCUT2D eigenvalue weighted by molar-refractivity contribution is -0.137. The summed E-state index contributed by atoms with van der Waals surface area (Å²) in [5.74, 6) is 1.83. The van der Waals surface area contributed by atoms with Crippen molar-refractivity contribution in [3.05, 3.63) is 60.0 Å². The number of nitrogens with one attached hydrogen (secondary N) is 1. The van der Waals surface area contributed by atoms with E-state index in [2.05, 4.69) is 25.2 Å². The molecule has 3 aromatic heterocycles. The number of fused-ring (bicyclic) bond motifs is 3. The van der Waals surface area contributed by atoms with E-state index in [-0.39, 0.29) is 0 Å². The monoisotopic (exact) mass is 442 g/mol. The molecule has 4 aromatic rings. The van der Waals surface area contributed by atoms with Crippen LogP contribution in [-0.2, 0) is 10.9 Å². The number of hydrogen-bond donors (Lipinski definition) is 1. The number of morpholine rings is 1. The molecule has 1 aliphatic heterocycles. The van der Waals surface area contributed by atoms with Crippen molar-refractivity contribution in [3.63, 3.8) is 0 Å². The summed E-state index contributed by atoms with van der Waals surface area (Å²) in [7, 11) is 0. The third kappa shape index (κ3) is 3.81. The highest BCUT2D eigenvalue weighted by Crippen LogP contribution is 2.33. The maximum atomic E-state index is 13.2. The molecule has 1 atom stereocenters. The molecule has 166 valence electrons. The summed E-state index contributed by atoms with van der Waals surface area (Å²) in [6.07, 6.45) is 0.837. The van der Waals surface area contributed by atoms with Crippen LogP contribution >= 0.6 is 0 Å². The maximum Gasteiger partial charge on any atom is 0.416 e. The van der Waals surface area contributed by atoms with Crippen LogP contribution in [0.4, 0.5) is 24.8 Å². The first-order chi connectivity index (χ1) is 15.4. The van der Waals surface area contributed by atoms with E-state index < -0.39 is 17.8 Å². The molecular weight excluding hydrogens is 421 g/mol. The van der Waals surface area contributed by atoms with Gasteiger partial charge in [0.05, 0.1) is 30.5 Å². The summed E-state index contributed by atoms with van der Waals surface area (Å²) in [4.78, 5) is 15.7. The van der Waals surface area contributed by atoms with Gasteiger partial charge in [-0.2, -0.15) is 18.2 Å². The highest BCUT2D eigenvalue weighted by atomic mass is 19.4. The molecule has 7 nitrogen and oxygen atoms in total. The Morgan fingerprint density at radius 2 is 1.94 bits per heavy atom. The smallest absolute Gasteiger partial charge is 0.378 e. The Balaban J connectivity index is 1.55. The zero-order chi connectivity index (χ0) is 22.3. The fraction of sp³-hybridized carbons (Fsp3) is 0.318. The van der Waals surface area contributed by atoms with Gasteiger partial charge in [-0.1, -0.05) is 12.1 Å². The van der Waals surface area contributed by atoms with Crippen LogP contribution in [0.5, 0.6) is 0 Å². The Hall–Kier alpha value is -3.40. The third-order valence-electron chi connectivity index (χ3n) is 5.62. The summed E-state index contributed by atoms with van der Waals surface area (Å²) in [6, 6.07) is 6.86. The largest absolute Gasteiger partial charge is 0.416 e. The minimum Gasteiger partial charge on any atom is -0.378 e. The van der Waals surface area contributed by atoms with Gasteiger partial charge in [-0.3, -0.25) is 4.40 Å². The highest BCUT2D eigenvalue weighted by Gasteiger charge is 2.30. The fourth-order valence-corrected chi connectivity index (χ4v) is 3.89. The van der Waals surface area contributed by atoms with E-state index in [9.17, 15) is 13.2 Å². The van der Waals surface area contributed by atoms with Crippen molar-refractivity contribution < 1.29 is 17.9 Å². The zero-order valence-electron chi connectivity index (χ0n) is 17.3. The second-order valence-corrected chi connectivity index (χ2v) is 7.71. The summed E-state index contributed by atoms with van der Waals surface area (Å²) in [5.41, 5.74) is 0.646. The van der Waals surface area contributed by atoms with Gasteiger partial charge in [-0.15, -0.1) is 0 Å². The van der Waals surface area contributed by atoms with Gasteiger partial charge in [-0.05, 0) is 30.7 Å². The number of imidazole rings is 1. The van der Waals surface area contributed by atoms with Crippen LogP contribution in [0.25, 0.3) is 16.7 Å². The summed E-state index contributed by atoms with van der Waals surface area (Å²) in [5, 5.41) is 4.10. The Kier molecular flexibility index (Phi) is 5.09. The third-order valence-corrected chi connectivity index (χ3v) is 5.62. The van der Waals surface area contributed by atoms with E-state index in [4.69, 9.17) is 4.74 Å². The first-order valence-electron chi connectivity index (χ1n) is 10.3. The van der Waals surface area contributed by atoms with Crippen molar-refractivity contribution in [1.29, 1.82) is 0 Å². The molecule has 0 amide bonds. The molecule has 1 aliphatic rings. The van der Waals surface area contributed by atoms with E-state index in [1.807, 2.05) is 17.4 Å². The minimum atomic E-state index is -4.39. The average Bonchev–Trinajstić information content (AvgIpc) is 3.27. The molecular formula is C22H21F3N6O. The maximum absolute atomic E-state index is 13.2. The summed E-state index contributed by atoms with van der Waals surface area (Å²) in [6.45, 7) is 4.56. The van der Waals surface area contributed by atoms with Crippen molar-refractivity contribution in [2.45, 2.75) is 19.1 Å². The molecule has 5 rings (SSSR count). The van der Waals surface area contributed by atoms with Crippen LogP contribution in [-0.4, -0.2) is 45.7 Å². The van der Waals surface area contributed by atoms with Gasteiger partial charge < -0.3 is 15.0 Å². The van der Waals surface area contributed by atoms with Crippen molar-refractivity contribution >= 4 is 28.3 Å². The Morgan fingerprint density at radius 3 is 2.72 bits per heavy atom. The van der Waals surface area contributed by atoms with E-state index >= 15 is 0 Å². The van der Waals surface area contributed by atoms with Crippen molar-refractivity contribution in [2.75, 3.05) is 36.5 Å². The van der Waals surface area contributed by atoms with Gasteiger partial charge in [0.2, 0.25) is 5.78 Å². The first kappa shape index (κ1) is 20.5. The van der Waals surface area contributed by atoms with Crippen LogP contribution in [0.3, 0.4) is 0 Å². The number of benzene rings is 1. The van der Waals surface area contributed by atoms with Crippen LogP contribution < -0.4 is 10.2 Å². The van der Waals surface area contributed by atoms with Crippen LogP contribution in [0.2, 0.25) is 0 Å². The summed E-state index contributed by atoms with van der Waals surface area (Å²) < 4.78 is 46.8. The molecule has 1 saturated heterocycles. The number of rotatable bonds is 4. The molecule has 0 radical (unpaired) electrons. The highest BCUT2D eigenvalue weighted by molar-refractivity contribution is 5.92. The lowest BCUT2D eigenvalue weighted by atomic mass is 10.0. The SMILES string of the molecule is C[C@@H](Nc1nc2nccn2c2cnc(N3CCOCC3)cc12)c1cccc(C(F)(F)F)c1. The number of aromatic nitrogens is 4. The van der Waals surface area contributed by atoms with Gasteiger partial charge in [0.25, 0.3) is 0 Å². The fourth-order valence-electron chi connectivity index (χ4n) is 3.89. The number of anilines is 2. The lowest BCUT2D eigenvalue weighted by Crippen LogP contribution is -2.36. The van der Waals surface area contributed by atoms with E-state index in [0.29, 0.717) is 30.4 Å². The lowest BCUT2D eigenvalue weighted by Gasteiger charge is -2.28. The van der Waals surface area contributed by atoms with Crippen LogP contribution in [0.1, 0.15) is 24.1 Å². The predicted molar refractivity (Wildman–Crippen MR) is 115 cm³/mol. The molecule has 0 bridgehead atoms. The van der Waals surface area contributed by atoms with E-state index in [1.54, 1.807) is 24.7 Å². The molecule has 1 N–H and O–H groups in total. The number of pyridine rings is 1. The second kappa shape index (κ2) is 7.94. The number of hydrogen-bond acceptors (Lipinski definition) is 6. The minimum absolute atomic E-state index is 0.412. The molecule has 10 heteroatoms. The number of halogens is 3. The Labute approximate surface area is 181 Å². The Bertz CT molecular complexity index is 1270. The quantitative estimate of drug-likeness (QED) is 0.508. The number of alkyl halides is 3. The molecule has 4 heterocycles. The second-order valence-electron chi connectivity index (χ2n) is 7.71. The van der Waals surface area contributed by atoms with Gasteiger partial charge in [0.15, 0.2) is 0 Å². The number of ether oxygens (including phenoxy) is 1. The van der Waals surface area contributed by atoms with Gasteiger partial charge in [0.1, 0.15) is 11.6 Å². The topological polar surface area (TPSA) is 67.6 Å². The van der Waals surface area contributed by atoms with Gasteiger partial charge in [0, 0.05) is 36.9 Å². The zero-order valence-corrected chi connectivity index (χ0v) is 17.3. The molecule has 0 aliphatic carbocycles. The molecule has 1 aromatic carbocycles.